The van der Waals surface area contributed by atoms with Crippen molar-refractivity contribution in [2.45, 2.75) is 59.9 Å². The minimum atomic E-state index is -0.370. The molecule has 2 atom stereocenters. The second-order valence-corrected chi connectivity index (χ2v) is 11.8. The SMILES string of the molecule is CC.CCC(C)C.N#Cc1c(N)sc2ccc(F)c(C3=C(P)C4N=C(N5CCCC5)NC=C4C4=C3COC4)c12. The van der Waals surface area contributed by atoms with Crippen molar-refractivity contribution in [2.24, 2.45) is 10.9 Å². The van der Waals surface area contributed by atoms with Crippen LogP contribution in [0.5, 0.6) is 0 Å². The minimum Gasteiger partial charge on any atom is -0.389 e. The Morgan fingerprint density at radius 3 is 2.56 bits per heavy atom. The predicted molar refractivity (Wildman–Crippen MR) is 165 cm³/mol. The molecule has 6 nitrogen and oxygen atoms in total. The van der Waals surface area contributed by atoms with Gasteiger partial charge in [-0.1, -0.05) is 41.0 Å². The van der Waals surface area contributed by atoms with Crippen LogP contribution in [-0.2, 0) is 4.74 Å². The van der Waals surface area contributed by atoms with Crippen LogP contribution in [0.15, 0.2) is 45.4 Å². The molecule has 0 bridgehead atoms. The van der Waals surface area contributed by atoms with E-state index in [0.717, 1.165) is 70.1 Å². The lowest BCUT2D eigenvalue weighted by Crippen LogP contribution is -2.42. The molecule has 4 aliphatic rings. The first kappa shape index (κ1) is 29.3. The van der Waals surface area contributed by atoms with Crippen LogP contribution in [0.4, 0.5) is 9.39 Å². The van der Waals surface area contributed by atoms with Gasteiger partial charge in [-0.25, -0.2) is 9.38 Å². The predicted octanol–water partition coefficient (Wildman–Crippen LogP) is 6.81. The molecule has 2 unspecified atom stereocenters. The zero-order valence-corrected chi connectivity index (χ0v) is 25.5. The van der Waals surface area contributed by atoms with E-state index in [2.05, 4.69) is 46.3 Å². The van der Waals surface area contributed by atoms with Crippen molar-refractivity contribution in [3.8, 4) is 6.07 Å². The average molecular weight is 568 g/mol. The number of nitrogens with zero attached hydrogens (tertiary/aromatic N) is 3. The van der Waals surface area contributed by atoms with Crippen LogP contribution in [0.1, 0.15) is 65.0 Å². The molecule has 2 aromatic rings. The third-order valence-electron chi connectivity index (χ3n) is 7.41. The molecule has 1 saturated heterocycles. The number of likely N-dealkylation sites (tertiary alicyclic amines) is 1. The molecule has 9 heteroatoms. The second-order valence-electron chi connectivity index (χ2n) is 10.1. The number of fused-ring (bicyclic) bond motifs is 3. The molecule has 0 amide bonds. The Balaban J connectivity index is 0.000000456. The topological polar surface area (TPSA) is 86.7 Å². The Labute approximate surface area is 237 Å². The third-order valence-corrected chi connectivity index (χ3v) is 9.00. The number of hydrogen-bond acceptors (Lipinski definition) is 7. The van der Waals surface area contributed by atoms with Gasteiger partial charge in [0.05, 0.1) is 18.8 Å². The maximum absolute atomic E-state index is 15.5. The van der Waals surface area contributed by atoms with Gasteiger partial charge in [-0.3, -0.25) is 0 Å². The van der Waals surface area contributed by atoms with Crippen molar-refractivity contribution in [1.29, 1.82) is 5.26 Å². The van der Waals surface area contributed by atoms with Crippen LogP contribution in [0.2, 0.25) is 0 Å². The van der Waals surface area contributed by atoms with Gasteiger partial charge in [0.15, 0.2) is 5.96 Å². The van der Waals surface area contributed by atoms with E-state index >= 15 is 4.39 Å². The minimum absolute atomic E-state index is 0.247. The van der Waals surface area contributed by atoms with Crippen LogP contribution in [0.3, 0.4) is 0 Å². The van der Waals surface area contributed by atoms with E-state index in [1.807, 2.05) is 20.0 Å². The number of hydrogen-bond donors (Lipinski definition) is 2. The van der Waals surface area contributed by atoms with Gasteiger partial charge in [-0.15, -0.1) is 20.6 Å². The molecule has 4 heterocycles. The van der Waals surface area contributed by atoms with E-state index in [1.54, 1.807) is 6.07 Å². The van der Waals surface area contributed by atoms with E-state index in [1.165, 1.54) is 23.8 Å². The zero-order chi connectivity index (χ0) is 28.3. The van der Waals surface area contributed by atoms with Crippen molar-refractivity contribution < 1.29 is 9.13 Å². The summed E-state index contributed by atoms with van der Waals surface area (Å²) in [6.45, 7) is 13.5. The number of benzene rings is 1. The Hall–Kier alpha value is -2.72. The van der Waals surface area contributed by atoms with Crippen LogP contribution in [-0.4, -0.2) is 43.2 Å². The molecule has 6 rings (SSSR count). The zero-order valence-electron chi connectivity index (χ0n) is 23.5. The quantitative estimate of drug-likeness (QED) is 0.390. The summed E-state index contributed by atoms with van der Waals surface area (Å²) in [5, 5.41) is 15.0. The molecule has 1 aromatic heterocycles. The number of nitrogens with one attached hydrogen (secondary N) is 1. The summed E-state index contributed by atoms with van der Waals surface area (Å²) in [5.41, 5.74) is 10.7. The van der Waals surface area contributed by atoms with Crippen LogP contribution < -0.4 is 11.1 Å². The van der Waals surface area contributed by atoms with Gasteiger partial charge in [0.1, 0.15) is 22.9 Å². The van der Waals surface area contributed by atoms with E-state index in [4.69, 9.17) is 15.5 Å². The largest absolute Gasteiger partial charge is 0.389 e. The van der Waals surface area contributed by atoms with Gasteiger partial charge in [0.2, 0.25) is 0 Å². The summed E-state index contributed by atoms with van der Waals surface area (Å²) in [5.74, 6) is 1.37. The van der Waals surface area contributed by atoms with Gasteiger partial charge < -0.3 is 20.7 Å². The van der Waals surface area contributed by atoms with Crippen molar-refractivity contribution in [3.63, 3.8) is 0 Å². The highest BCUT2D eigenvalue weighted by atomic mass is 32.1. The number of nitrogens with two attached hydrogens (primary N) is 1. The average Bonchev–Trinajstić information content (AvgIpc) is 3.71. The van der Waals surface area contributed by atoms with E-state index in [-0.39, 0.29) is 11.9 Å². The Morgan fingerprint density at radius 1 is 1.26 bits per heavy atom. The third kappa shape index (κ3) is 5.50. The van der Waals surface area contributed by atoms with Crippen LogP contribution in [0, 0.1) is 23.1 Å². The highest BCUT2D eigenvalue weighted by molar-refractivity contribution is 7.23. The normalized spacial score (nSPS) is 19.9. The molecular formula is C30H39FN5OPS. The smallest absolute Gasteiger partial charge is 0.198 e. The summed E-state index contributed by atoms with van der Waals surface area (Å²) in [6, 6.07) is 5.10. The summed E-state index contributed by atoms with van der Waals surface area (Å²) < 4.78 is 22.1. The summed E-state index contributed by atoms with van der Waals surface area (Å²) in [4.78, 5) is 7.30. The van der Waals surface area contributed by atoms with Crippen molar-refractivity contribution in [1.82, 2.24) is 10.2 Å². The molecular weight excluding hydrogens is 528 g/mol. The van der Waals surface area contributed by atoms with E-state index in [9.17, 15) is 5.26 Å². The number of nitrogen functional groups attached to an aromatic ring is 1. The van der Waals surface area contributed by atoms with Crippen molar-refractivity contribution in [3.05, 3.63) is 57.3 Å². The number of aliphatic imine (C=N–C) groups is 1. The fraction of sp³-hybridized carbons (Fsp3) is 0.467. The number of nitriles is 1. The van der Waals surface area contributed by atoms with Crippen molar-refractivity contribution in [2.75, 3.05) is 32.0 Å². The molecule has 0 radical (unpaired) electrons. The number of anilines is 1. The van der Waals surface area contributed by atoms with Gasteiger partial charge >= 0.3 is 0 Å². The molecule has 0 spiro atoms. The van der Waals surface area contributed by atoms with E-state index < -0.39 is 0 Å². The van der Waals surface area contributed by atoms with Gasteiger partial charge in [-0.05, 0) is 52.9 Å². The second kappa shape index (κ2) is 12.6. The number of guanidine groups is 1. The Morgan fingerprint density at radius 2 is 1.92 bits per heavy atom. The Bertz CT molecular complexity index is 1410. The lowest BCUT2D eigenvalue weighted by atomic mass is 9.81. The first-order valence-electron chi connectivity index (χ1n) is 13.9. The highest BCUT2D eigenvalue weighted by Crippen LogP contribution is 2.50. The highest BCUT2D eigenvalue weighted by Gasteiger charge is 2.38. The number of ether oxygens (including phenoxy) is 1. The molecule has 1 aromatic carbocycles. The molecule has 1 aliphatic carbocycles. The fourth-order valence-corrected chi connectivity index (χ4v) is 6.60. The fourth-order valence-electron chi connectivity index (χ4n) is 5.10. The maximum Gasteiger partial charge on any atom is 0.198 e. The first-order valence-corrected chi connectivity index (χ1v) is 15.2. The molecule has 0 saturated carbocycles. The number of thiophene rings is 1. The van der Waals surface area contributed by atoms with Gasteiger partial charge in [-0.2, -0.15) is 5.26 Å². The monoisotopic (exact) mass is 567 g/mol. The molecule has 3 aliphatic heterocycles. The van der Waals surface area contributed by atoms with Gasteiger partial charge in [0.25, 0.3) is 0 Å². The lowest BCUT2D eigenvalue weighted by Gasteiger charge is -2.33. The molecule has 1 fully saturated rings. The van der Waals surface area contributed by atoms with Gasteiger partial charge in [0, 0.05) is 40.5 Å². The van der Waals surface area contributed by atoms with Crippen LogP contribution in [0.25, 0.3) is 15.7 Å². The molecule has 3 N–H and O–H groups in total. The summed E-state index contributed by atoms with van der Waals surface area (Å²) >= 11 is 1.31. The number of rotatable bonds is 2. The summed E-state index contributed by atoms with van der Waals surface area (Å²) in [6.07, 6.45) is 5.64. The first-order chi connectivity index (χ1) is 18.8. The van der Waals surface area contributed by atoms with Crippen molar-refractivity contribution >= 4 is 47.2 Å². The number of halogens is 1. The van der Waals surface area contributed by atoms with Crippen LogP contribution >= 0.6 is 20.6 Å². The summed E-state index contributed by atoms with van der Waals surface area (Å²) in [7, 11) is 2.81. The standard InChI is InChI=1S/C23H21FN5OPS.C5H12.C2H6/c24-15-3-4-16-17(11(7-25)22(26)32-16)19(15)18-14-10-30-9-13(14)12-8-27-23(28-20(12)21(18)31)29-5-1-2-6-29;1-4-5(2)3;1-2/h3-4,8,20H,1-2,5-6,9-10,26,31H2,(H,27,28);5H,4H2,1-3H3;1-2H3. The molecule has 208 valence electrons. The molecule has 39 heavy (non-hydrogen) atoms. The maximum atomic E-state index is 15.5. The lowest BCUT2D eigenvalue weighted by molar-refractivity contribution is 0.207. The van der Waals surface area contributed by atoms with E-state index in [0.29, 0.717) is 34.7 Å². The Kier molecular flexibility index (Phi) is 9.48.